The van der Waals surface area contributed by atoms with E-state index in [2.05, 4.69) is 30.5 Å². The fraction of sp³-hybridized carbons (Fsp3) is 0.400. The molecule has 1 aromatic carbocycles. The number of ether oxygens (including phenoxy) is 1. The van der Waals surface area contributed by atoms with Gasteiger partial charge in [0.2, 0.25) is 11.9 Å². The van der Waals surface area contributed by atoms with Crippen LogP contribution in [0.5, 0.6) is 0 Å². The number of rotatable bonds is 9. The van der Waals surface area contributed by atoms with E-state index < -0.39 is 0 Å². The highest BCUT2D eigenvalue weighted by molar-refractivity contribution is 6.31. The van der Waals surface area contributed by atoms with E-state index in [1.165, 1.54) is 0 Å². The van der Waals surface area contributed by atoms with Crippen LogP contribution in [0, 0.1) is 5.92 Å². The van der Waals surface area contributed by atoms with Crippen LogP contribution in [0.3, 0.4) is 0 Å². The van der Waals surface area contributed by atoms with Gasteiger partial charge in [0.25, 0.3) is 0 Å². The van der Waals surface area contributed by atoms with E-state index in [4.69, 9.17) is 16.3 Å². The Bertz CT molecular complexity index is 1190. The highest BCUT2D eigenvalue weighted by Crippen LogP contribution is 2.28. The predicted molar refractivity (Wildman–Crippen MR) is 135 cm³/mol. The van der Waals surface area contributed by atoms with Crippen LogP contribution in [0.25, 0.3) is 10.9 Å². The molecule has 9 nitrogen and oxygen atoms in total. The Balaban J connectivity index is 1.41. The van der Waals surface area contributed by atoms with E-state index >= 15 is 0 Å². The molecule has 35 heavy (non-hydrogen) atoms. The lowest BCUT2D eigenvalue weighted by atomic mass is 9.97. The molecule has 184 valence electrons. The van der Waals surface area contributed by atoms with E-state index in [1.807, 2.05) is 30.3 Å². The maximum Gasteiger partial charge on any atom is 0.307 e. The number of fused-ring (bicyclic) bond motifs is 1. The monoisotopic (exact) mass is 496 g/mol. The number of benzene rings is 1. The quantitative estimate of drug-likeness (QED) is 0.433. The summed E-state index contributed by atoms with van der Waals surface area (Å²) >= 11 is 6.24. The lowest BCUT2D eigenvalue weighted by Crippen LogP contribution is -2.43. The highest BCUT2D eigenvalue weighted by Gasteiger charge is 2.27. The number of pyridine rings is 1. The molecule has 2 N–H and O–H groups in total. The Hall–Kier alpha value is -3.46. The molecule has 1 fully saturated rings. The van der Waals surface area contributed by atoms with Crippen LogP contribution in [-0.4, -0.2) is 53.1 Å². The Labute approximate surface area is 209 Å². The van der Waals surface area contributed by atoms with Crippen molar-refractivity contribution in [3.63, 3.8) is 0 Å². The van der Waals surface area contributed by atoms with Gasteiger partial charge in [-0.05, 0) is 37.5 Å². The zero-order valence-electron chi connectivity index (χ0n) is 19.7. The molecule has 1 amide bonds. The number of aromatic nitrogens is 3. The smallest absolute Gasteiger partial charge is 0.307 e. The van der Waals surface area contributed by atoms with Crippen molar-refractivity contribution in [3.05, 3.63) is 53.3 Å². The number of piperidine rings is 1. The van der Waals surface area contributed by atoms with E-state index in [1.54, 1.807) is 19.3 Å². The van der Waals surface area contributed by atoms with Gasteiger partial charge in [-0.25, -0.2) is 15.0 Å². The minimum atomic E-state index is -0.307. The second-order valence-electron chi connectivity index (χ2n) is 8.34. The van der Waals surface area contributed by atoms with E-state index in [-0.39, 0.29) is 30.8 Å². The molecule has 3 aromatic rings. The number of carbonyl (C=O) groups excluding carboxylic acids is 2. The number of carbonyl (C=O) groups is 2. The van der Waals surface area contributed by atoms with Crippen molar-refractivity contribution in [1.82, 2.24) is 20.3 Å². The zero-order valence-corrected chi connectivity index (χ0v) is 20.4. The van der Waals surface area contributed by atoms with Crippen LogP contribution in [0.2, 0.25) is 5.02 Å². The largest absolute Gasteiger partial charge is 0.466 e. The van der Waals surface area contributed by atoms with Gasteiger partial charge in [-0.2, -0.15) is 0 Å². The summed E-state index contributed by atoms with van der Waals surface area (Å²) in [5.41, 5.74) is 1.74. The number of nitrogens with zero attached hydrogens (tertiary/aromatic N) is 4. The van der Waals surface area contributed by atoms with Gasteiger partial charge >= 0.3 is 5.97 Å². The molecule has 1 atom stereocenters. The normalized spacial score (nSPS) is 15.6. The van der Waals surface area contributed by atoms with E-state index in [0.29, 0.717) is 30.7 Å². The lowest BCUT2D eigenvalue weighted by molar-refractivity contribution is -0.143. The predicted octanol–water partition coefficient (Wildman–Crippen LogP) is 3.58. The molecular formula is C25H29ClN6O3. The van der Waals surface area contributed by atoms with Crippen molar-refractivity contribution < 1.29 is 14.3 Å². The minimum absolute atomic E-state index is 0.0541. The average molecular weight is 497 g/mol. The first-order valence-electron chi connectivity index (χ1n) is 11.8. The molecule has 0 bridgehead atoms. The summed E-state index contributed by atoms with van der Waals surface area (Å²) < 4.78 is 4.91. The van der Waals surface area contributed by atoms with Crippen molar-refractivity contribution in [2.24, 2.45) is 5.92 Å². The second-order valence-corrected chi connectivity index (χ2v) is 8.74. The number of anilines is 2. The first kappa shape index (κ1) is 24.7. The zero-order chi connectivity index (χ0) is 24.6. The molecule has 1 aliphatic rings. The summed E-state index contributed by atoms with van der Waals surface area (Å²) in [6, 6.07) is 9.49. The topological polar surface area (TPSA) is 109 Å². The lowest BCUT2D eigenvalue weighted by Gasteiger charge is -2.33. The summed E-state index contributed by atoms with van der Waals surface area (Å²) in [5, 5.41) is 7.61. The van der Waals surface area contributed by atoms with Gasteiger partial charge in [0, 0.05) is 43.6 Å². The van der Waals surface area contributed by atoms with Gasteiger partial charge in [0.1, 0.15) is 5.82 Å². The first-order valence-corrected chi connectivity index (χ1v) is 12.2. The Morgan fingerprint density at radius 1 is 1.23 bits per heavy atom. The third-order valence-electron chi connectivity index (χ3n) is 5.91. The fourth-order valence-electron chi connectivity index (χ4n) is 4.14. The molecule has 4 rings (SSSR count). The molecule has 0 radical (unpaired) electrons. The van der Waals surface area contributed by atoms with Gasteiger partial charge in [-0.1, -0.05) is 29.8 Å². The highest BCUT2D eigenvalue weighted by atomic mass is 35.5. The molecule has 1 unspecified atom stereocenters. The maximum atomic E-state index is 12.7. The SMILES string of the molecule is CCOC(=O)CCNC(=O)C1CCCN(c2nccc3nc(NCc4ccccc4Cl)ncc23)C1. The minimum Gasteiger partial charge on any atom is -0.466 e. The van der Waals surface area contributed by atoms with Crippen LogP contribution in [0.1, 0.15) is 31.7 Å². The summed E-state index contributed by atoms with van der Waals surface area (Å²) in [6.45, 7) is 4.23. The second kappa shape index (κ2) is 11.8. The van der Waals surface area contributed by atoms with Crippen molar-refractivity contribution >= 4 is 46.1 Å². The van der Waals surface area contributed by atoms with Crippen molar-refractivity contribution in [2.45, 2.75) is 32.7 Å². The number of amides is 1. The summed E-state index contributed by atoms with van der Waals surface area (Å²) in [7, 11) is 0. The summed E-state index contributed by atoms with van der Waals surface area (Å²) in [5.74, 6) is 0.733. The molecule has 1 saturated heterocycles. The fourth-order valence-corrected chi connectivity index (χ4v) is 4.35. The Kier molecular flexibility index (Phi) is 8.31. The van der Waals surface area contributed by atoms with Gasteiger partial charge in [0.05, 0.1) is 29.8 Å². The summed E-state index contributed by atoms with van der Waals surface area (Å²) in [6.07, 6.45) is 5.32. The van der Waals surface area contributed by atoms with Crippen molar-refractivity contribution in [1.29, 1.82) is 0 Å². The third kappa shape index (κ3) is 6.36. The first-order chi connectivity index (χ1) is 17.0. The number of hydrogen-bond acceptors (Lipinski definition) is 8. The molecule has 3 heterocycles. The van der Waals surface area contributed by atoms with E-state index in [0.717, 1.165) is 41.7 Å². The van der Waals surface area contributed by atoms with Gasteiger partial charge in [0.15, 0.2) is 0 Å². The molecular weight excluding hydrogens is 468 g/mol. The third-order valence-corrected chi connectivity index (χ3v) is 6.28. The number of hydrogen-bond donors (Lipinski definition) is 2. The van der Waals surface area contributed by atoms with E-state index in [9.17, 15) is 9.59 Å². The number of esters is 1. The van der Waals surface area contributed by atoms with Crippen LogP contribution in [0.4, 0.5) is 11.8 Å². The number of halogens is 1. The number of nitrogens with one attached hydrogen (secondary N) is 2. The van der Waals surface area contributed by atoms with Gasteiger partial charge in [-0.15, -0.1) is 0 Å². The molecule has 10 heteroatoms. The molecule has 1 aliphatic heterocycles. The molecule has 0 spiro atoms. The Morgan fingerprint density at radius 2 is 2.09 bits per heavy atom. The molecule has 0 aliphatic carbocycles. The Morgan fingerprint density at radius 3 is 2.91 bits per heavy atom. The van der Waals surface area contributed by atoms with Crippen molar-refractivity contribution in [3.8, 4) is 0 Å². The maximum absolute atomic E-state index is 12.7. The summed E-state index contributed by atoms with van der Waals surface area (Å²) in [4.78, 5) is 40.0. The standard InChI is InChI=1S/C25H29ClN6O3/c1-2-35-22(33)10-12-28-24(34)18-7-5-13-32(16-18)23-19-15-30-25(31-21(19)9-11-27-23)29-14-17-6-3-4-8-20(17)26/h3-4,6,8-9,11,15,18H,2,5,7,10,12-14,16H2,1H3,(H,28,34)(H,29,30,31). The van der Waals surface area contributed by atoms with Crippen LogP contribution < -0.4 is 15.5 Å². The van der Waals surface area contributed by atoms with Crippen LogP contribution in [0.15, 0.2) is 42.7 Å². The van der Waals surface area contributed by atoms with Crippen LogP contribution >= 0.6 is 11.6 Å². The van der Waals surface area contributed by atoms with Crippen molar-refractivity contribution in [2.75, 3.05) is 36.5 Å². The average Bonchev–Trinajstić information content (AvgIpc) is 2.88. The molecule has 0 saturated carbocycles. The van der Waals surface area contributed by atoms with Crippen LogP contribution in [-0.2, 0) is 20.9 Å². The molecule has 2 aromatic heterocycles. The van der Waals surface area contributed by atoms with Gasteiger partial charge in [-0.3, -0.25) is 9.59 Å². The van der Waals surface area contributed by atoms with Gasteiger partial charge < -0.3 is 20.3 Å².